The molecule has 3 N–H and O–H groups in total. The minimum Gasteiger partial charge on any atom is -0.493 e. The number of nitrogens with one attached hydrogen (secondary N) is 1. The van der Waals surface area contributed by atoms with Crippen molar-refractivity contribution in [2.24, 2.45) is 23.7 Å². The third kappa shape index (κ3) is 4.37. The molecular formula is C19H26IN5O2. The molecule has 1 aromatic heterocycles. The van der Waals surface area contributed by atoms with Gasteiger partial charge in [-0.15, -0.1) is 24.0 Å². The van der Waals surface area contributed by atoms with E-state index in [1.807, 2.05) is 36.0 Å². The SMILES string of the molecule is Cn1nccc1[C@@H]1OCC[C@H]1CN=C(N)NC1CCOc2ccccc21.I. The molecule has 2 aliphatic rings. The van der Waals surface area contributed by atoms with Gasteiger partial charge >= 0.3 is 0 Å². The van der Waals surface area contributed by atoms with Crippen LogP contribution in [0, 0.1) is 5.92 Å². The van der Waals surface area contributed by atoms with Crippen LogP contribution < -0.4 is 15.8 Å². The molecule has 0 amide bonds. The number of nitrogens with zero attached hydrogens (tertiary/aromatic N) is 3. The van der Waals surface area contributed by atoms with Gasteiger partial charge in [-0.1, -0.05) is 18.2 Å². The quantitative estimate of drug-likeness (QED) is 0.397. The zero-order valence-corrected chi connectivity index (χ0v) is 17.7. The van der Waals surface area contributed by atoms with Crippen molar-refractivity contribution in [1.82, 2.24) is 15.1 Å². The standard InChI is InChI=1S/C19H25N5O2.HI/c1-24-16(6-9-22-24)18-13(7-10-26-18)12-21-19(20)23-15-8-11-25-17-5-3-2-4-14(15)17;/h2-6,9,13,15,18H,7-8,10-12H2,1H3,(H3,20,21,23);1H/t13-,15?,18+;/m0./s1. The Morgan fingerprint density at radius 3 is 2.96 bits per heavy atom. The van der Waals surface area contributed by atoms with Gasteiger partial charge in [0.1, 0.15) is 11.9 Å². The van der Waals surface area contributed by atoms with Crippen LogP contribution in [0.25, 0.3) is 0 Å². The normalized spacial score (nSPS) is 24.6. The molecule has 27 heavy (non-hydrogen) atoms. The molecule has 8 heteroatoms. The van der Waals surface area contributed by atoms with E-state index >= 15 is 0 Å². The van der Waals surface area contributed by atoms with Gasteiger partial charge in [-0.3, -0.25) is 9.67 Å². The summed E-state index contributed by atoms with van der Waals surface area (Å²) in [5.41, 5.74) is 8.40. The number of fused-ring (bicyclic) bond motifs is 1. The lowest BCUT2D eigenvalue weighted by molar-refractivity contribution is 0.0859. The maximum absolute atomic E-state index is 6.17. The van der Waals surface area contributed by atoms with Crippen molar-refractivity contribution in [2.45, 2.75) is 25.0 Å². The van der Waals surface area contributed by atoms with Gasteiger partial charge in [0.25, 0.3) is 0 Å². The second-order valence-corrected chi connectivity index (χ2v) is 6.82. The summed E-state index contributed by atoms with van der Waals surface area (Å²) in [6.07, 6.45) is 3.68. The van der Waals surface area contributed by atoms with Crippen LogP contribution in [-0.4, -0.2) is 35.5 Å². The Morgan fingerprint density at radius 2 is 2.15 bits per heavy atom. The highest BCUT2D eigenvalue weighted by Crippen LogP contribution is 2.34. The predicted octanol–water partition coefficient (Wildman–Crippen LogP) is 2.54. The maximum atomic E-state index is 6.17. The maximum Gasteiger partial charge on any atom is 0.189 e. The topological polar surface area (TPSA) is 86.7 Å². The minimum absolute atomic E-state index is 0. The fourth-order valence-electron chi connectivity index (χ4n) is 3.74. The van der Waals surface area contributed by atoms with Gasteiger partial charge in [0.2, 0.25) is 0 Å². The first kappa shape index (κ1) is 19.9. The molecule has 1 aromatic carbocycles. The van der Waals surface area contributed by atoms with E-state index in [2.05, 4.69) is 21.5 Å². The summed E-state index contributed by atoms with van der Waals surface area (Å²) >= 11 is 0. The molecule has 1 saturated heterocycles. The Kier molecular flexibility index (Phi) is 6.59. The van der Waals surface area contributed by atoms with E-state index < -0.39 is 0 Å². The average molecular weight is 483 g/mol. The third-order valence-electron chi connectivity index (χ3n) is 5.14. The highest BCUT2D eigenvalue weighted by atomic mass is 127. The molecule has 3 atom stereocenters. The van der Waals surface area contributed by atoms with E-state index in [0.29, 0.717) is 25.0 Å². The number of hydrogen-bond acceptors (Lipinski definition) is 4. The van der Waals surface area contributed by atoms with Crippen LogP contribution in [0.3, 0.4) is 0 Å². The van der Waals surface area contributed by atoms with Gasteiger partial charge in [-0.25, -0.2) is 0 Å². The van der Waals surface area contributed by atoms with E-state index in [9.17, 15) is 0 Å². The summed E-state index contributed by atoms with van der Waals surface area (Å²) in [4.78, 5) is 4.60. The third-order valence-corrected chi connectivity index (χ3v) is 5.14. The van der Waals surface area contributed by atoms with E-state index in [1.165, 1.54) is 0 Å². The molecule has 0 spiro atoms. The van der Waals surface area contributed by atoms with Crippen LogP contribution in [0.5, 0.6) is 5.75 Å². The smallest absolute Gasteiger partial charge is 0.189 e. The van der Waals surface area contributed by atoms with Crippen molar-refractivity contribution in [3.05, 3.63) is 47.8 Å². The summed E-state index contributed by atoms with van der Waals surface area (Å²) in [7, 11) is 1.94. The fraction of sp³-hybridized carbons (Fsp3) is 0.474. The van der Waals surface area contributed by atoms with Crippen LogP contribution in [-0.2, 0) is 11.8 Å². The highest BCUT2D eigenvalue weighted by molar-refractivity contribution is 14.0. The van der Waals surface area contributed by atoms with E-state index in [0.717, 1.165) is 36.5 Å². The lowest BCUT2D eigenvalue weighted by Crippen LogP contribution is -2.37. The summed E-state index contributed by atoms with van der Waals surface area (Å²) in [5.74, 6) is 1.71. The van der Waals surface area contributed by atoms with Gasteiger partial charge in [-0.2, -0.15) is 5.10 Å². The molecule has 0 aliphatic carbocycles. The molecule has 1 fully saturated rings. The van der Waals surface area contributed by atoms with Crippen molar-refractivity contribution >= 4 is 29.9 Å². The number of para-hydroxylation sites is 1. The second-order valence-electron chi connectivity index (χ2n) is 6.82. The molecule has 0 bridgehead atoms. The lowest BCUT2D eigenvalue weighted by atomic mass is 9.99. The van der Waals surface area contributed by atoms with Gasteiger partial charge in [-0.05, 0) is 18.6 Å². The Labute approximate surface area is 176 Å². The molecule has 3 heterocycles. The minimum atomic E-state index is 0. The number of halogens is 1. The Hall–Kier alpha value is -1.81. The van der Waals surface area contributed by atoms with Crippen molar-refractivity contribution < 1.29 is 9.47 Å². The van der Waals surface area contributed by atoms with Crippen LogP contribution in [0.1, 0.15) is 36.2 Å². The zero-order valence-electron chi connectivity index (χ0n) is 15.4. The fourth-order valence-corrected chi connectivity index (χ4v) is 3.74. The number of aliphatic imine (C=N–C) groups is 1. The van der Waals surface area contributed by atoms with Crippen LogP contribution in [0.4, 0.5) is 0 Å². The molecule has 0 radical (unpaired) electrons. The Morgan fingerprint density at radius 1 is 1.30 bits per heavy atom. The molecule has 7 nitrogen and oxygen atoms in total. The number of aromatic nitrogens is 2. The van der Waals surface area contributed by atoms with Crippen molar-refractivity contribution in [3.8, 4) is 5.75 Å². The molecule has 146 valence electrons. The summed E-state index contributed by atoms with van der Waals surface area (Å²) < 4.78 is 13.5. The first-order chi connectivity index (χ1) is 12.7. The highest BCUT2D eigenvalue weighted by Gasteiger charge is 2.31. The molecule has 1 unspecified atom stereocenters. The van der Waals surface area contributed by atoms with Crippen LogP contribution >= 0.6 is 24.0 Å². The largest absolute Gasteiger partial charge is 0.493 e. The first-order valence-electron chi connectivity index (χ1n) is 9.10. The second kappa shape index (κ2) is 8.92. The number of nitrogens with two attached hydrogens (primary N) is 1. The van der Waals surface area contributed by atoms with E-state index in [-0.39, 0.29) is 36.1 Å². The van der Waals surface area contributed by atoms with Gasteiger partial charge in [0, 0.05) is 44.3 Å². The molecule has 2 aliphatic heterocycles. The van der Waals surface area contributed by atoms with Crippen LogP contribution in [0.2, 0.25) is 0 Å². The molecule has 4 rings (SSSR count). The van der Waals surface area contributed by atoms with Crippen molar-refractivity contribution in [3.63, 3.8) is 0 Å². The average Bonchev–Trinajstić information content (AvgIpc) is 3.28. The van der Waals surface area contributed by atoms with Crippen molar-refractivity contribution in [1.29, 1.82) is 0 Å². The first-order valence-corrected chi connectivity index (χ1v) is 9.10. The Balaban J connectivity index is 0.00000210. The number of hydrogen-bond donors (Lipinski definition) is 2. The Bertz CT molecular complexity index is 794. The summed E-state index contributed by atoms with van der Waals surface area (Å²) in [5, 5.41) is 7.59. The number of benzene rings is 1. The molecular weight excluding hydrogens is 457 g/mol. The zero-order chi connectivity index (χ0) is 17.9. The van der Waals surface area contributed by atoms with Gasteiger partial charge in [0.15, 0.2) is 5.96 Å². The predicted molar refractivity (Wildman–Crippen MR) is 114 cm³/mol. The van der Waals surface area contributed by atoms with Crippen molar-refractivity contribution in [2.75, 3.05) is 19.8 Å². The molecule has 0 saturated carbocycles. The number of rotatable bonds is 4. The van der Waals surface area contributed by atoms with Gasteiger partial charge < -0.3 is 20.5 Å². The number of guanidine groups is 1. The monoisotopic (exact) mass is 483 g/mol. The van der Waals surface area contributed by atoms with Crippen LogP contribution in [0.15, 0.2) is 41.5 Å². The molecule has 2 aromatic rings. The number of ether oxygens (including phenoxy) is 2. The summed E-state index contributed by atoms with van der Waals surface area (Å²) in [6.45, 7) is 2.07. The van der Waals surface area contributed by atoms with E-state index in [4.69, 9.17) is 15.2 Å². The number of aryl methyl sites for hydroxylation is 1. The van der Waals surface area contributed by atoms with Gasteiger partial charge in [0.05, 0.1) is 18.3 Å². The lowest BCUT2D eigenvalue weighted by Gasteiger charge is -2.27. The summed E-state index contributed by atoms with van der Waals surface area (Å²) in [6, 6.07) is 10.2. The van der Waals surface area contributed by atoms with E-state index in [1.54, 1.807) is 6.20 Å².